The summed E-state index contributed by atoms with van der Waals surface area (Å²) in [5.74, 6) is 0.384. The molecule has 2 aromatic carbocycles. The number of likely N-dealkylation sites (tertiary alicyclic amines) is 1. The van der Waals surface area contributed by atoms with Crippen LogP contribution in [0.1, 0.15) is 24.0 Å². The maximum absolute atomic E-state index is 12.8. The zero-order valence-corrected chi connectivity index (χ0v) is 20.5. The lowest BCUT2D eigenvalue weighted by atomic mass is 10.1. The highest BCUT2D eigenvalue weighted by molar-refractivity contribution is 9.10. The number of methoxy groups -OCH3 is 1. The van der Waals surface area contributed by atoms with Crippen LogP contribution in [0.15, 0.2) is 51.8 Å². The average molecular weight is 531 g/mol. The molecule has 4 rings (SSSR count). The fourth-order valence-corrected chi connectivity index (χ4v) is 5.09. The van der Waals surface area contributed by atoms with Crippen LogP contribution >= 0.6 is 27.7 Å². The molecule has 2 fully saturated rings. The molecule has 2 aliphatic heterocycles. The van der Waals surface area contributed by atoms with Crippen molar-refractivity contribution in [3.05, 3.63) is 63.0 Å². The zero-order chi connectivity index (χ0) is 23.4. The number of benzene rings is 2. The van der Waals surface area contributed by atoms with E-state index in [2.05, 4.69) is 15.9 Å². The predicted octanol–water partition coefficient (Wildman–Crippen LogP) is 4.70. The summed E-state index contributed by atoms with van der Waals surface area (Å²) in [6.07, 6.45) is 3.53. The third kappa shape index (κ3) is 5.42. The molecule has 0 aromatic heterocycles. The van der Waals surface area contributed by atoms with Crippen molar-refractivity contribution in [3.8, 4) is 11.5 Å². The first kappa shape index (κ1) is 23.4. The molecule has 0 spiro atoms. The molecule has 3 amide bonds. The average Bonchev–Trinajstić information content (AvgIpc) is 3.44. The maximum atomic E-state index is 12.8. The van der Waals surface area contributed by atoms with Gasteiger partial charge in [-0.15, -0.1) is 0 Å². The quantitative estimate of drug-likeness (QED) is 0.483. The summed E-state index contributed by atoms with van der Waals surface area (Å²) in [4.78, 5) is 40.6. The Bertz CT molecular complexity index is 1100. The second-order valence-corrected chi connectivity index (χ2v) is 9.51. The monoisotopic (exact) mass is 530 g/mol. The van der Waals surface area contributed by atoms with E-state index in [9.17, 15) is 14.4 Å². The number of hydrogen-bond donors (Lipinski definition) is 0. The van der Waals surface area contributed by atoms with E-state index in [0.29, 0.717) is 41.2 Å². The number of ether oxygens (including phenoxy) is 2. The normalized spacial score (nSPS) is 17.2. The van der Waals surface area contributed by atoms with Crippen LogP contribution in [0.3, 0.4) is 0 Å². The van der Waals surface area contributed by atoms with Crippen LogP contribution in [0.4, 0.5) is 4.79 Å². The summed E-state index contributed by atoms with van der Waals surface area (Å²) in [5, 5.41) is -0.437. The Morgan fingerprint density at radius 2 is 1.88 bits per heavy atom. The van der Waals surface area contributed by atoms with Gasteiger partial charge < -0.3 is 14.4 Å². The van der Waals surface area contributed by atoms with Gasteiger partial charge in [0.05, 0.1) is 16.5 Å². The molecule has 0 saturated carbocycles. The second-order valence-electron chi connectivity index (χ2n) is 7.66. The Hall–Kier alpha value is -2.78. The van der Waals surface area contributed by atoms with E-state index in [0.717, 1.165) is 35.1 Å². The highest BCUT2D eigenvalue weighted by atomic mass is 79.9. The van der Waals surface area contributed by atoms with E-state index < -0.39 is 11.1 Å². The molecular formula is C24H23BrN2O5S. The molecule has 9 heteroatoms. The third-order valence-corrected chi connectivity index (χ3v) is 6.90. The van der Waals surface area contributed by atoms with Crippen molar-refractivity contribution < 1.29 is 23.9 Å². The van der Waals surface area contributed by atoms with Gasteiger partial charge in [0.15, 0.2) is 11.5 Å². The molecule has 2 aliphatic rings. The molecule has 7 nitrogen and oxygen atoms in total. The van der Waals surface area contributed by atoms with Crippen LogP contribution in [-0.4, -0.2) is 53.6 Å². The van der Waals surface area contributed by atoms with Gasteiger partial charge >= 0.3 is 0 Å². The summed E-state index contributed by atoms with van der Waals surface area (Å²) < 4.78 is 12.1. The lowest BCUT2D eigenvalue weighted by Crippen LogP contribution is -2.40. The standard InChI is InChI=1S/C24H23BrN2O5S/c1-31-19-12-17(11-18(25)22(19)32-15-16-7-3-2-4-8-16)13-20-23(29)27(24(30)33-20)14-21(28)26-9-5-6-10-26/h2-4,7-8,11-13H,5-6,9-10,14-15H2,1H3/b20-13+. The van der Waals surface area contributed by atoms with Crippen LogP contribution in [0.25, 0.3) is 6.08 Å². The summed E-state index contributed by atoms with van der Waals surface area (Å²) >= 11 is 4.35. The minimum Gasteiger partial charge on any atom is -0.493 e. The van der Waals surface area contributed by atoms with Gasteiger partial charge in [-0.3, -0.25) is 19.3 Å². The van der Waals surface area contributed by atoms with Gasteiger partial charge in [-0.2, -0.15) is 0 Å². The second kappa shape index (κ2) is 10.4. The number of imide groups is 1. The van der Waals surface area contributed by atoms with Crippen LogP contribution in [0.2, 0.25) is 0 Å². The van der Waals surface area contributed by atoms with Crippen molar-refractivity contribution >= 4 is 50.8 Å². The summed E-state index contributed by atoms with van der Waals surface area (Å²) in [6.45, 7) is 1.51. The molecule has 2 saturated heterocycles. The lowest BCUT2D eigenvalue weighted by Gasteiger charge is -2.18. The zero-order valence-electron chi connectivity index (χ0n) is 18.1. The van der Waals surface area contributed by atoms with E-state index in [-0.39, 0.29) is 17.4 Å². The molecule has 0 N–H and O–H groups in total. The number of rotatable bonds is 7. The van der Waals surface area contributed by atoms with E-state index >= 15 is 0 Å². The highest BCUT2D eigenvalue weighted by Crippen LogP contribution is 2.39. The van der Waals surface area contributed by atoms with Crippen molar-refractivity contribution in [3.63, 3.8) is 0 Å². The first-order valence-electron chi connectivity index (χ1n) is 10.5. The largest absolute Gasteiger partial charge is 0.493 e. The van der Waals surface area contributed by atoms with Crippen LogP contribution in [-0.2, 0) is 16.2 Å². The van der Waals surface area contributed by atoms with Crippen molar-refractivity contribution in [2.45, 2.75) is 19.4 Å². The van der Waals surface area contributed by atoms with Gasteiger partial charge in [0.1, 0.15) is 13.2 Å². The summed E-state index contributed by atoms with van der Waals surface area (Å²) in [5.41, 5.74) is 1.69. The number of hydrogen-bond acceptors (Lipinski definition) is 6. The molecule has 2 heterocycles. The highest BCUT2D eigenvalue weighted by Gasteiger charge is 2.37. The van der Waals surface area contributed by atoms with Crippen LogP contribution in [0, 0.1) is 0 Å². The minimum absolute atomic E-state index is 0.194. The van der Waals surface area contributed by atoms with Gasteiger partial charge in [-0.05, 0) is 69.9 Å². The Balaban J connectivity index is 1.49. The molecule has 172 valence electrons. The van der Waals surface area contributed by atoms with Gasteiger partial charge in [0.2, 0.25) is 5.91 Å². The molecular weight excluding hydrogens is 508 g/mol. The smallest absolute Gasteiger partial charge is 0.294 e. The Morgan fingerprint density at radius 1 is 1.15 bits per heavy atom. The van der Waals surface area contributed by atoms with Crippen LogP contribution in [0.5, 0.6) is 11.5 Å². The summed E-state index contributed by atoms with van der Waals surface area (Å²) in [6, 6.07) is 13.3. The minimum atomic E-state index is -0.461. The molecule has 0 aliphatic carbocycles. The van der Waals surface area contributed by atoms with E-state index in [4.69, 9.17) is 9.47 Å². The van der Waals surface area contributed by atoms with E-state index in [1.807, 2.05) is 30.3 Å². The van der Waals surface area contributed by atoms with Crippen molar-refractivity contribution in [1.82, 2.24) is 9.80 Å². The first-order chi connectivity index (χ1) is 16.0. The van der Waals surface area contributed by atoms with Crippen LogP contribution < -0.4 is 9.47 Å². The Kier molecular flexibility index (Phi) is 7.39. The van der Waals surface area contributed by atoms with Gasteiger partial charge in [-0.25, -0.2) is 0 Å². The number of thioether (sulfide) groups is 1. The topological polar surface area (TPSA) is 76.2 Å². The number of carbonyl (C=O) groups is 3. The van der Waals surface area contributed by atoms with Gasteiger partial charge in [0, 0.05) is 13.1 Å². The molecule has 0 radical (unpaired) electrons. The van der Waals surface area contributed by atoms with Crippen molar-refractivity contribution in [2.24, 2.45) is 0 Å². The third-order valence-electron chi connectivity index (χ3n) is 5.40. The van der Waals surface area contributed by atoms with Crippen molar-refractivity contribution in [1.29, 1.82) is 0 Å². The fourth-order valence-electron chi connectivity index (χ4n) is 3.68. The fraction of sp³-hybridized carbons (Fsp3) is 0.292. The Morgan fingerprint density at radius 3 is 2.58 bits per heavy atom. The maximum Gasteiger partial charge on any atom is 0.294 e. The number of carbonyl (C=O) groups excluding carboxylic acids is 3. The lowest BCUT2D eigenvalue weighted by molar-refractivity contribution is -0.135. The molecule has 0 unspecified atom stereocenters. The van der Waals surface area contributed by atoms with E-state index in [1.165, 1.54) is 0 Å². The SMILES string of the molecule is COc1cc(/C=C2/SC(=O)N(CC(=O)N3CCCC3)C2=O)cc(Br)c1OCc1ccccc1. The Labute approximate surface area is 204 Å². The first-order valence-corrected chi connectivity index (χ1v) is 12.1. The molecule has 33 heavy (non-hydrogen) atoms. The van der Waals surface area contributed by atoms with Crippen molar-refractivity contribution in [2.75, 3.05) is 26.7 Å². The predicted molar refractivity (Wildman–Crippen MR) is 130 cm³/mol. The number of halogens is 1. The van der Waals surface area contributed by atoms with Gasteiger partial charge in [-0.1, -0.05) is 30.3 Å². The molecule has 0 bridgehead atoms. The number of nitrogens with zero attached hydrogens (tertiary/aromatic N) is 2. The number of amides is 3. The van der Waals surface area contributed by atoms with Gasteiger partial charge in [0.25, 0.3) is 11.1 Å². The molecule has 2 aromatic rings. The summed E-state index contributed by atoms with van der Waals surface area (Å²) in [7, 11) is 1.54. The molecule has 0 atom stereocenters. The van der Waals surface area contributed by atoms with E-state index in [1.54, 1.807) is 30.2 Å².